The summed E-state index contributed by atoms with van der Waals surface area (Å²) in [5.41, 5.74) is -0.787. The lowest BCUT2D eigenvalue weighted by molar-refractivity contribution is -0.141. The van der Waals surface area contributed by atoms with Crippen LogP contribution in [-0.4, -0.2) is 46.3 Å². The lowest BCUT2D eigenvalue weighted by Crippen LogP contribution is -2.46. The van der Waals surface area contributed by atoms with Gasteiger partial charge in [0.25, 0.3) is 5.91 Å². The zero-order valence-corrected chi connectivity index (χ0v) is 12.4. The van der Waals surface area contributed by atoms with Gasteiger partial charge < -0.3 is 10.1 Å². The Morgan fingerprint density at radius 2 is 2.10 bits per heavy atom. The number of ether oxygens (including phenoxy) is 1. The number of carbonyl (C=O) groups is 2. The van der Waals surface area contributed by atoms with Gasteiger partial charge in [0.05, 0.1) is 0 Å². The third kappa shape index (κ3) is 3.57. The van der Waals surface area contributed by atoms with Crippen LogP contribution < -0.4 is 10.6 Å². The van der Waals surface area contributed by atoms with E-state index in [0.717, 1.165) is 19.3 Å². The molecule has 21 heavy (non-hydrogen) atoms. The fourth-order valence-corrected chi connectivity index (χ4v) is 2.52. The summed E-state index contributed by atoms with van der Waals surface area (Å²) >= 11 is 0. The number of rotatable bonds is 5. The zero-order chi connectivity index (χ0) is 15.3. The number of amides is 2. The van der Waals surface area contributed by atoms with Crippen molar-refractivity contribution in [3.8, 4) is 0 Å². The molecular formula is C13H21N5O3. The molecule has 8 heteroatoms. The molecule has 1 aliphatic rings. The number of nitrogens with zero attached hydrogens (tertiary/aromatic N) is 3. The Bertz CT molecular complexity index is 508. The number of nitrogens with one attached hydrogen (secondary N) is 2. The summed E-state index contributed by atoms with van der Waals surface area (Å²) in [6, 6.07) is 0. The molecule has 0 radical (unpaired) electrons. The van der Waals surface area contributed by atoms with Gasteiger partial charge in [0.1, 0.15) is 18.5 Å². The first-order valence-corrected chi connectivity index (χ1v) is 7.06. The number of anilines is 1. The Morgan fingerprint density at radius 3 is 2.71 bits per heavy atom. The summed E-state index contributed by atoms with van der Waals surface area (Å²) in [4.78, 5) is 27.6. The minimum absolute atomic E-state index is 0.0643. The summed E-state index contributed by atoms with van der Waals surface area (Å²) in [7, 11) is 3.11. The van der Waals surface area contributed by atoms with Crippen molar-refractivity contribution < 1.29 is 14.3 Å². The molecule has 2 N–H and O–H groups in total. The standard InChI is InChI=1S/C13H21N5O3/c1-14-10(19)8-18-9-15-12(17-18)16-11(20)13(21-2)6-4-3-5-7-13/h9H,3-8H2,1-2H3,(H,14,19)(H,16,17,20). The first-order chi connectivity index (χ1) is 10.1. The van der Waals surface area contributed by atoms with E-state index in [1.165, 1.54) is 11.0 Å². The molecule has 1 fully saturated rings. The molecule has 1 aromatic heterocycles. The lowest BCUT2D eigenvalue weighted by Gasteiger charge is -2.33. The number of aromatic nitrogens is 3. The first-order valence-electron chi connectivity index (χ1n) is 7.06. The molecule has 0 aromatic carbocycles. The van der Waals surface area contributed by atoms with Crippen LogP contribution in [0.3, 0.4) is 0 Å². The van der Waals surface area contributed by atoms with Gasteiger partial charge in [-0.15, -0.1) is 5.10 Å². The van der Waals surface area contributed by atoms with E-state index in [-0.39, 0.29) is 24.3 Å². The zero-order valence-electron chi connectivity index (χ0n) is 12.4. The Morgan fingerprint density at radius 1 is 1.38 bits per heavy atom. The molecule has 2 amide bonds. The average Bonchev–Trinajstić information content (AvgIpc) is 2.94. The monoisotopic (exact) mass is 295 g/mol. The van der Waals surface area contributed by atoms with Crippen molar-refractivity contribution >= 4 is 17.8 Å². The normalized spacial score (nSPS) is 17.2. The number of methoxy groups -OCH3 is 1. The van der Waals surface area contributed by atoms with E-state index in [0.29, 0.717) is 12.8 Å². The Kier molecular flexibility index (Phi) is 4.89. The molecule has 0 atom stereocenters. The quantitative estimate of drug-likeness (QED) is 0.814. The fraction of sp³-hybridized carbons (Fsp3) is 0.692. The van der Waals surface area contributed by atoms with Gasteiger partial charge in [-0.2, -0.15) is 0 Å². The second kappa shape index (κ2) is 6.66. The molecule has 116 valence electrons. The highest BCUT2D eigenvalue weighted by atomic mass is 16.5. The summed E-state index contributed by atoms with van der Waals surface area (Å²) in [5, 5.41) is 9.23. The molecule has 0 unspecified atom stereocenters. The predicted octanol–water partition coefficient (Wildman–Crippen LogP) is 0.312. The van der Waals surface area contributed by atoms with E-state index in [1.807, 2.05) is 0 Å². The van der Waals surface area contributed by atoms with Gasteiger partial charge in [-0.05, 0) is 12.8 Å². The molecule has 2 rings (SSSR count). The molecule has 0 bridgehead atoms. The van der Waals surface area contributed by atoms with Crippen molar-refractivity contribution in [3.05, 3.63) is 6.33 Å². The molecule has 8 nitrogen and oxygen atoms in total. The highest BCUT2D eigenvalue weighted by molar-refractivity contribution is 5.96. The van der Waals surface area contributed by atoms with Crippen molar-refractivity contribution in [2.45, 2.75) is 44.2 Å². The second-order valence-corrected chi connectivity index (χ2v) is 5.15. The van der Waals surface area contributed by atoms with Crippen molar-refractivity contribution in [1.29, 1.82) is 0 Å². The van der Waals surface area contributed by atoms with Crippen molar-refractivity contribution in [3.63, 3.8) is 0 Å². The van der Waals surface area contributed by atoms with Gasteiger partial charge in [0.15, 0.2) is 0 Å². The number of likely N-dealkylation sites (N-methyl/N-ethyl adjacent to an activating group) is 1. The molecular weight excluding hydrogens is 274 g/mol. The van der Waals surface area contributed by atoms with Crippen LogP contribution in [0.15, 0.2) is 6.33 Å². The van der Waals surface area contributed by atoms with Crippen molar-refractivity contribution in [1.82, 2.24) is 20.1 Å². The molecule has 1 aliphatic carbocycles. The molecule has 0 saturated heterocycles. The molecule has 1 saturated carbocycles. The summed E-state index contributed by atoms with van der Waals surface area (Å²) in [6.45, 7) is 0.0643. The van der Waals surface area contributed by atoms with Crippen LogP contribution in [0.25, 0.3) is 0 Å². The SMILES string of the molecule is CNC(=O)Cn1cnc(NC(=O)C2(OC)CCCCC2)n1. The van der Waals surface area contributed by atoms with Gasteiger partial charge in [-0.25, -0.2) is 9.67 Å². The predicted molar refractivity (Wildman–Crippen MR) is 75.5 cm³/mol. The van der Waals surface area contributed by atoms with Crippen LogP contribution in [0.5, 0.6) is 0 Å². The van der Waals surface area contributed by atoms with Crippen molar-refractivity contribution in [2.75, 3.05) is 19.5 Å². The van der Waals surface area contributed by atoms with Crippen LogP contribution in [0.4, 0.5) is 5.95 Å². The van der Waals surface area contributed by atoms with Gasteiger partial charge in [0.2, 0.25) is 11.9 Å². The average molecular weight is 295 g/mol. The van der Waals surface area contributed by atoms with E-state index in [1.54, 1.807) is 14.2 Å². The summed E-state index contributed by atoms with van der Waals surface area (Å²) in [6.07, 6.45) is 5.88. The van der Waals surface area contributed by atoms with Crippen LogP contribution >= 0.6 is 0 Å². The van der Waals surface area contributed by atoms with E-state index in [9.17, 15) is 9.59 Å². The van der Waals surface area contributed by atoms with E-state index in [4.69, 9.17) is 4.74 Å². The minimum Gasteiger partial charge on any atom is -0.368 e. The Labute approximate surface area is 123 Å². The smallest absolute Gasteiger partial charge is 0.259 e. The van der Waals surface area contributed by atoms with Crippen LogP contribution in [-0.2, 0) is 20.9 Å². The van der Waals surface area contributed by atoms with Gasteiger partial charge >= 0.3 is 0 Å². The second-order valence-electron chi connectivity index (χ2n) is 5.15. The molecule has 0 spiro atoms. The van der Waals surface area contributed by atoms with Crippen LogP contribution in [0, 0.1) is 0 Å². The van der Waals surface area contributed by atoms with Gasteiger partial charge in [-0.3, -0.25) is 14.9 Å². The highest BCUT2D eigenvalue weighted by Gasteiger charge is 2.40. The summed E-state index contributed by atoms with van der Waals surface area (Å²) in [5.74, 6) is -0.216. The number of hydrogen-bond donors (Lipinski definition) is 2. The lowest BCUT2D eigenvalue weighted by atomic mass is 9.84. The topological polar surface area (TPSA) is 98.1 Å². The van der Waals surface area contributed by atoms with Gasteiger partial charge in [-0.1, -0.05) is 19.3 Å². The third-order valence-electron chi connectivity index (χ3n) is 3.81. The van der Waals surface area contributed by atoms with Crippen molar-refractivity contribution in [2.24, 2.45) is 0 Å². The van der Waals surface area contributed by atoms with E-state index in [2.05, 4.69) is 20.7 Å². The molecule has 1 heterocycles. The van der Waals surface area contributed by atoms with Crippen LogP contribution in [0.1, 0.15) is 32.1 Å². The first kappa shape index (κ1) is 15.4. The third-order valence-corrected chi connectivity index (χ3v) is 3.81. The Balaban J connectivity index is 2.00. The minimum atomic E-state index is -0.787. The number of carbonyl (C=O) groups excluding carboxylic acids is 2. The maximum atomic E-state index is 12.4. The van der Waals surface area contributed by atoms with E-state index >= 15 is 0 Å². The highest BCUT2D eigenvalue weighted by Crippen LogP contribution is 2.31. The maximum absolute atomic E-state index is 12.4. The fourth-order valence-electron chi connectivity index (χ4n) is 2.52. The van der Waals surface area contributed by atoms with Gasteiger partial charge in [0, 0.05) is 14.2 Å². The van der Waals surface area contributed by atoms with Crippen LogP contribution in [0.2, 0.25) is 0 Å². The largest absolute Gasteiger partial charge is 0.368 e. The molecule has 0 aliphatic heterocycles. The number of hydrogen-bond acceptors (Lipinski definition) is 5. The maximum Gasteiger partial charge on any atom is 0.259 e. The van der Waals surface area contributed by atoms with E-state index < -0.39 is 5.60 Å². The summed E-state index contributed by atoms with van der Waals surface area (Å²) < 4.78 is 6.83. The Hall–Kier alpha value is -1.96. The molecule has 1 aromatic rings.